The third-order valence-electron chi connectivity index (χ3n) is 4.87. The Labute approximate surface area is 181 Å². The van der Waals surface area contributed by atoms with E-state index >= 15 is 0 Å². The van der Waals surface area contributed by atoms with Gasteiger partial charge in [-0.15, -0.1) is 24.0 Å². The monoisotopic (exact) mass is 490 g/mol. The van der Waals surface area contributed by atoms with E-state index in [0.717, 1.165) is 30.5 Å². The van der Waals surface area contributed by atoms with Gasteiger partial charge in [0.05, 0.1) is 13.7 Å². The summed E-state index contributed by atoms with van der Waals surface area (Å²) in [4.78, 5) is 6.87. The molecule has 1 aromatic rings. The van der Waals surface area contributed by atoms with Gasteiger partial charge in [-0.25, -0.2) is 0 Å². The number of hydrogen-bond donors (Lipinski definition) is 2. The Balaban J connectivity index is 0.00000364. The van der Waals surface area contributed by atoms with Gasteiger partial charge in [0.15, 0.2) is 17.5 Å². The number of likely N-dealkylation sites (tertiary alicyclic amines) is 1. The molecule has 1 saturated heterocycles. The Hall–Kier alpha value is -1.22. The van der Waals surface area contributed by atoms with Crippen LogP contribution < -0.4 is 20.1 Å². The van der Waals surface area contributed by atoms with Crippen LogP contribution in [0.3, 0.4) is 0 Å². The van der Waals surface area contributed by atoms with Crippen LogP contribution in [0.25, 0.3) is 0 Å². The number of hydrogen-bond acceptors (Lipinski definition) is 4. The molecule has 27 heavy (non-hydrogen) atoms. The zero-order chi connectivity index (χ0) is 19.1. The normalized spacial score (nSPS) is 21.5. The average Bonchev–Trinajstić information content (AvgIpc) is 3.00. The van der Waals surface area contributed by atoms with Crippen molar-refractivity contribution in [1.82, 2.24) is 15.5 Å². The number of halogens is 1. The SMILES string of the molecule is CN=C(NCC(C)Oc1ccccc1OC)NC1CN(C(C)C)CC1C.I. The molecule has 7 heteroatoms. The Morgan fingerprint density at radius 2 is 1.89 bits per heavy atom. The van der Waals surface area contributed by atoms with Crippen molar-refractivity contribution < 1.29 is 9.47 Å². The number of nitrogens with zero attached hydrogens (tertiary/aromatic N) is 2. The van der Waals surface area contributed by atoms with Crippen molar-refractivity contribution in [3.63, 3.8) is 0 Å². The number of methoxy groups -OCH3 is 1. The fraction of sp³-hybridized carbons (Fsp3) is 0.650. The van der Waals surface area contributed by atoms with E-state index in [4.69, 9.17) is 9.47 Å². The Morgan fingerprint density at radius 3 is 2.44 bits per heavy atom. The predicted octanol–water partition coefficient (Wildman–Crippen LogP) is 2.97. The summed E-state index contributed by atoms with van der Waals surface area (Å²) < 4.78 is 11.3. The maximum Gasteiger partial charge on any atom is 0.191 e. The molecule has 0 aromatic heterocycles. The van der Waals surface area contributed by atoms with Gasteiger partial charge in [-0.2, -0.15) is 0 Å². The van der Waals surface area contributed by atoms with Gasteiger partial charge in [0, 0.05) is 32.2 Å². The lowest BCUT2D eigenvalue weighted by Crippen LogP contribution is -2.48. The fourth-order valence-corrected chi connectivity index (χ4v) is 3.20. The van der Waals surface area contributed by atoms with Gasteiger partial charge < -0.3 is 20.1 Å². The van der Waals surface area contributed by atoms with Crippen molar-refractivity contribution in [2.24, 2.45) is 10.9 Å². The van der Waals surface area contributed by atoms with E-state index in [1.54, 1.807) is 14.2 Å². The van der Waals surface area contributed by atoms with Crippen LogP contribution in [0.15, 0.2) is 29.3 Å². The van der Waals surface area contributed by atoms with Crippen LogP contribution >= 0.6 is 24.0 Å². The minimum atomic E-state index is -0.0157. The first-order chi connectivity index (χ1) is 12.4. The molecule has 0 radical (unpaired) electrons. The summed E-state index contributed by atoms with van der Waals surface area (Å²) in [7, 11) is 3.46. The molecule has 0 saturated carbocycles. The molecule has 0 spiro atoms. The number of nitrogens with one attached hydrogen (secondary N) is 2. The summed E-state index contributed by atoms with van der Waals surface area (Å²) >= 11 is 0. The molecule has 0 amide bonds. The molecule has 2 N–H and O–H groups in total. The minimum Gasteiger partial charge on any atom is -0.493 e. The van der Waals surface area contributed by atoms with E-state index in [9.17, 15) is 0 Å². The molecule has 1 aliphatic heterocycles. The second kappa shape index (κ2) is 11.6. The largest absolute Gasteiger partial charge is 0.493 e. The standard InChI is InChI=1S/C20H34N4O2.HI/c1-14(2)24-12-15(3)17(13-24)23-20(21-5)22-11-16(4)26-19-10-8-7-9-18(19)25-6;/h7-10,14-17H,11-13H2,1-6H3,(H2,21,22,23);1H. The molecule has 3 atom stereocenters. The topological polar surface area (TPSA) is 58.1 Å². The van der Waals surface area contributed by atoms with Crippen molar-refractivity contribution >= 4 is 29.9 Å². The molecule has 0 aliphatic carbocycles. The van der Waals surface area contributed by atoms with E-state index in [-0.39, 0.29) is 30.1 Å². The molecule has 2 rings (SSSR count). The Bertz CT molecular complexity index is 597. The number of aliphatic imine (C=N–C) groups is 1. The van der Waals surface area contributed by atoms with E-state index in [1.165, 1.54) is 0 Å². The maximum atomic E-state index is 5.99. The molecule has 6 nitrogen and oxygen atoms in total. The minimum absolute atomic E-state index is 0. The zero-order valence-corrected chi connectivity index (χ0v) is 19.7. The van der Waals surface area contributed by atoms with Gasteiger partial charge in [0.25, 0.3) is 0 Å². The number of ether oxygens (including phenoxy) is 2. The summed E-state index contributed by atoms with van der Waals surface area (Å²) in [5, 5.41) is 6.93. The lowest BCUT2D eigenvalue weighted by atomic mass is 10.1. The van der Waals surface area contributed by atoms with Crippen LogP contribution in [0, 0.1) is 5.92 Å². The molecule has 154 valence electrons. The lowest BCUT2D eigenvalue weighted by Gasteiger charge is -2.23. The van der Waals surface area contributed by atoms with Crippen LogP contribution in [0.2, 0.25) is 0 Å². The van der Waals surface area contributed by atoms with Crippen LogP contribution in [0.4, 0.5) is 0 Å². The third-order valence-corrected chi connectivity index (χ3v) is 4.87. The Morgan fingerprint density at radius 1 is 1.22 bits per heavy atom. The van der Waals surface area contributed by atoms with Crippen molar-refractivity contribution in [2.45, 2.75) is 45.9 Å². The van der Waals surface area contributed by atoms with Crippen molar-refractivity contribution in [3.8, 4) is 11.5 Å². The summed E-state index contributed by atoms with van der Waals surface area (Å²) in [6.45, 7) is 11.7. The quantitative estimate of drug-likeness (QED) is 0.350. The van der Waals surface area contributed by atoms with Gasteiger partial charge in [-0.1, -0.05) is 19.1 Å². The van der Waals surface area contributed by atoms with E-state index in [0.29, 0.717) is 24.5 Å². The second-order valence-electron chi connectivity index (χ2n) is 7.31. The van der Waals surface area contributed by atoms with Crippen LogP contribution in [-0.4, -0.2) is 62.8 Å². The summed E-state index contributed by atoms with van der Waals surface area (Å²) in [5.41, 5.74) is 0. The fourth-order valence-electron chi connectivity index (χ4n) is 3.20. The number of rotatable bonds is 7. The van der Waals surface area contributed by atoms with Crippen LogP contribution in [0.5, 0.6) is 11.5 Å². The highest BCUT2D eigenvalue weighted by atomic mass is 127. The summed E-state index contributed by atoms with van der Waals surface area (Å²) in [6.07, 6.45) is -0.0157. The first kappa shape index (κ1) is 23.8. The summed E-state index contributed by atoms with van der Waals surface area (Å²) in [5.74, 6) is 2.92. The van der Waals surface area contributed by atoms with Crippen molar-refractivity contribution in [2.75, 3.05) is 33.8 Å². The molecule has 1 aliphatic rings. The molecule has 1 fully saturated rings. The summed E-state index contributed by atoms with van der Waals surface area (Å²) in [6, 6.07) is 8.69. The van der Waals surface area contributed by atoms with Crippen molar-refractivity contribution in [3.05, 3.63) is 24.3 Å². The molecule has 1 aromatic carbocycles. The zero-order valence-electron chi connectivity index (χ0n) is 17.4. The first-order valence-electron chi connectivity index (χ1n) is 9.45. The molecular formula is C20H35IN4O2. The van der Waals surface area contributed by atoms with Crippen LogP contribution in [0.1, 0.15) is 27.7 Å². The van der Waals surface area contributed by atoms with Gasteiger partial charge in [0.2, 0.25) is 0 Å². The molecule has 3 unspecified atom stereocenters. The highest BCUT2D eigenvalue weighted by molar-refractivity contribution is 14.0. The van der Waals surface area contributed by atoms with Crippen LogP contribution in [-0.2, 0) is 0 Å². The van der Waals surface area contributed by atoms with Gasteiger partial charge in [0.1, 0.15) is 6.10 Å². The predicted molar refractivity (Wildman–Crippen MR) is 123 cm³/mol. The Kier molecular flexibility index (Phi) is 10.2. The molecule has 0 bridgehead atoms. The highest BCUT2D eigenvalue weighted by Gasteiger charge is 2.31. The molecule has 1 heterocycles. The number of guanidine groups is 1. The molecular weight excluding hydrogens is 455 g/mol. The second-order valence-corrected chi connectivity index (χ2v) is 7.31. The third kappa shape index (κ3) is 7.03. The average molecular weight is 490 g/mol. The van der Waals surface area contributed by atoms with E-state index in [1.807, 2.05) is 31.2 Å². The van der Waals surface area contributed by atoms with Crippen molar-refractivity contribution in [1.29, 1.82) is 0 Å². The lowest BCUT2D eigenvalue weighted by molar-refractivity contribution is 0.213. The van der Waals surface area contributed by atoms with Gasteiger partial charge in [-0.3, -0.25) is 9.89 Å². The van der Waals surface area contributed by atoms with Gasteiger partial charge in [-0.05, 0) is 38.8 Å². The number of para-hydroxylation sites is 2. The van der Waals surface area contributed by atoms with E-state index < -0.39 is 0 Å². The number of benzene rings is 1. The highest BCUT2D eigenvalue weighted by Crippen LogP contribution is 2.26. The smallest absolute Gasteiger partial charge is 0.191 e. The van der Waals surface area contributed by atoms with Gasteiger partial charge >= 0.3 is 0 Å². The maximum absolute atomic E-state index is 5.99. The first-order valence-corrected chi connectivity index (χ1v) is 9.45. The van der Waals surface area contributed by atoms with E-state index in [2.05, 4.69) is 41.3 Å².